The zero-order valence-electron chi connectivity index (χ0n) is 17.3. The Labute approximate surface area is 184 Å². The Morgan fingerprint density at radius 3 is 2.63 bits per heavy atom. The number of nitrogens with zero attached hydrogens (tertiary/aromatic N) is 3. The SMILES string of the molecule is Cc1sc2nc(SC(C)C(=O)Nc3ccc(N4CCOCC4)cc3)nc(N)c2c1C. The van der Waals surface area contributed by atoms with Gasteiger partial charge in [-0.2, -0.15) is 0 Å². The molecule has 0 aliphatic carbocycles. The molecule has 3 N–H and O–H groups in total. The number of nitrogens with one attached hydrogen (secondary N) is 1. The third-order valence-corrected chi connectivity index (χ3v) is 7.26. The fraction of sp³-hybridized carbons (Fsp3) is 0.381. The summed E-state index contributed by atoms with van der Waals surface area (Å²) in [5.74, 6) is 0.371. The van der Waals surface area contributed by atoms with Crippen LogP contribution in [0, 0.1) is 13.8 Å². The normalized spacial score (nSPS) is 15.4. The highest BCUT2D eigenvalue weighted by Crippen LogP contribution is 2.34. The van der Waals surface area contributed by atoms with E-state index in [1.54, 1.807) is 11.3 Å². The molecule has 9 heteroatoms. The Morgan fingerprint density at radius 1 is 1.23 bits per heavy atom. The van der Waals surface area contributed by atoms with E-state index in [0.717, 1.165) is 53.5 Å². The Hall–Kier alpha value is -2.36. The van der Waals surface area contributed by atoms with Gasteiger partial charge in [0, 0.05) is 29.3 Å². The second-order valence-corrected chi connectivity index (χ2v) is 9.76. The minimum Gasteiger partial charge on any atom is -0.383 e. The van der Waals surface area contributed by atoms with Crippen molar-refractivity contribution in [1.29, 1.82) is 0 Å². The molecule has 7 nitrogen and oxygen atoms in total. The van der Waals surface area contributed by atoms with Crippen LogP contribution >= 0.6 is 23.1 Å². The van der Waals surface area contributed by atoms with Crippen molar-refractivity contribution in [3.8, 4) is 0 Å². The average molecular weight is 444 g/mol. The van der Waals surface area contributed by atoms with Gasteiger partial charge in [0.15, 0.2) is 5.16 Å². The average Bonchev–Trinajstić information content (AvgIpc) is 3.03. The summed E-state index contributed by atoms with van der Waals surface area (Å²) in [4.78, 5) is 26.0. The number of carbonyl (C=O) groups is 1. The number of thioether (sulfide) groups is 1. The number of nitrogens with two attached hydrogens (primary N) is 1. The van der Waals surface area contributed by atoms with Gasteiger partial charge in [-0.15, -0.1) is 11.3 Å². The molecule has 0 spiro atoms. The lowest BCUT2D eigenvalue weighted by Crippen LogP contribution is -2.36. The molecular weight excluding hydrogens is 418 g/mol. The molecule has 1 unspecified atom stereocenters. The van der Waals surface area contributed by atoms with Gasteiger partial charge in [0.25, 0.3) is 0 Å². The second-order valence-electron chi connectivity index (χ2n) is 7.25. The minimum atomic E-state index is -0.358. The number of rotatable bonds is 5. The zero-order chi connectivity index (χ0) is 21.3. The van der Waals surface area contributed by atoms with E-state index >= 15 is 0 Å². The van der Waals surface area contributed by atoms with Crippen molar-refractivity contribution in [3.05, 3.63) is 34.7 Å². The van der Waals surface area contributed by atoms with Crippen molar-refractivity contribution >= 4 is 56.4 Å². The fourth-order valence-corrected chi connectivity index (χ4v) is 5.22. The number of ether oxygens (including phenoxy) is 1. The number of benzene rings is 1. The molecule has 30 heavy (non-hydrogen) atoms. The van der Waals surface area contributed by atoms with Gasteiger partial charge in [-0.3, -0.25) is 4.79 Å². The number of carbonyl (C=O) groups excluding carboxylic acids is 1. The quantitative estimate of drug-likeness (QED) is 0.457. The molecular formula is C21H25N5O2S2. The molecule has 0 saturated carbocycles. The molecule has 1 aliphatic rings. The van der Waals surface area contributed by atoms with Crippen LogP contribution in [0.25, 0.3) is 10.2 Å². The van der Waals surface area contributed by atoms with Crippen LogP contribution in [0.5, 0.6) is 0 Å². The molecule has 158 valence electrons. The van der Waals surface area contributed by atoms with Gasteiger partial charge in [-0.1, -0.05) is 11.8 Å². The molecule has 0 bridgehead atoms. The van der Waals surface area contributed by atoms with Gasteiger partial charge < -0.3 is 20.7 Å². The summed E-state index contributed by atoms with van der Waals surface area (Å²) < 4.78 is 5.39. The first-order valence-corrected chi connectivity index (χ1v) is 11.6. The summed E-state index contributed by atoms with van der Waals surface area (Å²) >= 11 is 2.91. The summed E-state index contributed by atoms with van der Waals surface area (Å²) in [6.45, 7) is 9.19. The maximum Gasteiger partial charge on any atom is 0.237 e. The van der Waals surface area contributed by atoms with Gasteiger partial charge in [-0.25, -0.2) is 9.97 Å². The number of nitrogen functional groups attached to an aromatic ring is 1. The van der Waals surface area contributed by atoms with E-state index in [1.165, 1.54) is 16.6 Å². The highest BCUT2D eigenvalue weighted by Gasteiger charge is 2.19. The van der Waals surface area contributed by atoms with E-state index in [-0.39, 0.29) is 11.2 Å². The van der Waals surface area contributed by atoms with Crippen LogP contribution in [-0.4, -0.2) is 47.4 Å². The number of anilines is 3. The van der Waals surface area contributed by atoms with E-state index < -0.39 is 0 Å². The highest BCUT2D eigenvalue weighted by molar-refractivity contribution is 8.00. The molecule has 0 radical (unpaired) electrons. The van der Waals surface area contributed by atoms with Crippen LogP contribution in [0.4, 0.5) is 17.2 Å². The second kappa shape index (κ2) is 8.79. The van der Waals surface area contributed by atoms with E-state index in [0.29, 0.717) is 11.0 Å². The van der Waals surface area contributed by atoms with Gasteiger partial charge >= 0.3 is 0 Å². The summed E-state index contributed by atoms with van der Waals surface area (Å²) in [6, 6.07) is 7.91. The smallest absolute Gasteiger partial charge is 0.237 e. The Bertz CT molecular complexity index is 1060. The lowest BCUT2D eigenvalue weighted by atomic mass is 10.2. The van der Waals surface area contributed by atoms with Crippen LogP contribution in [0.1, 0.15) is 17.4 Å². The molecule has 3 aromatic rings. The van der Waals surface area contributed by atoms with Gasteiger partial charge in [0.1, 0.15) is 10.6 Å². The van der Waals surface area contributed by atoms with Gasteiger partial charge in [0.2, 0.25) is 5.91 Å². The van der Waals surface area contributed by atoms with E-state index in [2.05, 4.69) is 20.2 Å². The van der Waals surface area contributed by atoms with Crippen molar-refractivity contribution in [3.63, 3.8) is 0 Å². The number of aromatic nitrogens is 2. The first-order chi connectivity index (χ1) is 14.4. The van der Waals surface area contributed by atoms with Crippen molar-refractivity contribution in [1.82, 2.24) is 9.97 Å². The maximum absolute atomic E-state index is 12.7. The summed E-state index contributed by atoms with van der Waals surface area (Å²) in [7, 11) is 0. The number of hydrogen-bond donors (Lipinski definition) is 2. The number of fused-ring (bicyclic) bond motifs is 1. The van der Waals surface area contributed by atoms with E-state index in [9.17, 15) is 4.79 Å². The van der Waals surface area contributed by atoms with Crippen molar-refractivity contribution < 1.29 is 9.53 Å². The maximum atomic E-state index is 12.7. The molecule has 1 aliphatic heterocycles. The Kier molecular flexibility index (Phi) is 6.12. The van der Waals surface area contributed by atoms with Crippen LogP contribution in [0.15, 0.2) is 29.4 Å². The summed E-state index contributed by atoms with van der Waals surface area (Å²) in [6.07, 6.45) is 0. The van der Waals surface area contributed by atoms with Crippen LogP contribution in [0.3, 0.4) is 0 Å². The highest BCUT2D eigenvalue weighted by atomic mass is 32.2. The number of amides is 1. The first kappa shape index (κ1) is 20.9. The molecule has 1 saturated heterocycles. The van der Waals surface area contributed by atoms with Crippen LogP contribution in [0.2, 0.25) is 0 Å². The van der Waals surface area contributed by atoms with Gasteiger partial charge in [0.05, 0.1) is 23.8 Å². The molecule has 1 atom stereocenters. The largest absolute Gasteiger partial charge is 0.383 e. The first-order valence-electron chi connectivity index (χ1n) is 9.86. The molecule has 1 fully saturated rings. The molecule has 2 aromatic heterocycles. The van der Waals surface area contributed by atoms with Crippen molar-refractivity contribution in [2.24, 2.45) is 0 Å². The molecule has 1 amide bonds. The van der Waals surface area contributed by atoms with E-state index in [4.69, 9.17) is 10.5 Å². The monoisotopic (exact) mass is 443 g/mol. The number of aryl methyl sites for hydroxylation is 2. The zero-order valence-corrected chi connectivity index (χ0v) is 18.9. The number of thiophene rings is 1. The standard InChI is InChI=1S/C21H25N5O2S2/c1-12-13(2)29-20-17(12)18(22)24-21(25-20)30-14(3)19(27)23-15-4-6-16(7-5-15)26-8-10-28-11-9-26/h4-7,14H,8-11H2,1-3H3,(H,23,27)(H2,22,24,25). The van der Waals surface area contributed by atoms with Crippen LogP contribution in [-0.2, 0) is 9.53 Å². The fourth-order valence-electron chi connectivity index (χ4n) is 3.35. The Balaban J connectivity index is 1.41. The number of morpholine rings is 1. The third kappa shape index (κ3) is 4.38. The van der Waals surface area contributed by atoms with E-state index in [1.807, 2.05) is 45.0 Å². The van der Waals surface area contributed by atoms with Crippen LogP contribution < -0.4 is 16.0 Å². The minimum absolute atomic E-state index is 0.0973. The lowest BCUT2D eigenvalue weighted by Gasteiger charge is -2.28. The van der Waals surface area contributed by atoms with Crippen molar-refractivity contribution in [2.45, 2.75) is 31.2 Å². The molecule has 3 heterocycles. The summed E-state index contributed by atoms with van der Waals surface area (Å²) in [5.41, 5.74) is 9.18. The third-order valence-electron chi connectivity index (χ3n) is 5.20. The molecule has 4 rings (SSSR count). The predicted octanol–water partition coefficient (Wildman–Crippen LogP) is 3.85. The van der Waals surface area contributed by atoms with Crippen molar-refractivity contribution in [2.75, 3.05) is 42.3 Å². The number of hydrogen-bond acceptors (Lipinski definition) is 8. The molecule has 1 aromatic carbocycles. The summed E-state index contributed by atoms with van der Waals surface area (Å²) in [5, 5.41) is 4.05. The topological polar surface area (TPSA) is 93.4 Å². The Morgan fingerprint density at radius 2 is 1.93 bits per heavy atom. The lowest BCUT2D eigenvalue weighted by molar-refractivity contribution is -0.115. The predicted molar refractivity (Wildman–Crippen MR) is 125 cm³/mol. The van der Waals surface area contributed by atoms with Gasteiger partial charge in [-0.05, 0) is 50.6 Å².